The molecule has 0 bridgehead atoms. The summed E-state index contributed by atoms with van der Waals surface area (Å²) >= 11 is 0. The van der Waals surface area contributed by atoms with Gasteiger partial charge < -0.3 is 19.4 Å². The topological polar surface area (TPSA) is 59.3 Å². The molecule has 0 radical (unpaired) electrons. The van der Waals surface area contributed by atoms with Crippen LogP contribution in [0.2, 0.25) is 0 Å². The minimum absolute atomic E-state index is 0.0204. The smallest absolute Gasteiger partial charge is 0.250 e. The Kier molecular flexibility index (Phi) is 6.66. The van der Waals surface area contributed by atoms with Crippen LogP contribution in [0.4, 0.5) is 0 Å². The normalized spacial score (nSPS) is 19.5. The van der Waals surface area contributed by atoms with Crippen LogP contribution in [0.25, 0.3) is 10.9 Å². The third-order valence-corrected chi connectivity index (χ3v) is 8.36. The van der Waals surface area contributed by atoms with E-state index in [9.17, 15) is 9.59 Å². The Bertz CT molecular complexity index is 1520. The van der Waals surface area contributed by atoms with E-state index in [1.165, 1.54) is 27.6 Å². The Labute approximate surface area is 223 Å². The summed E-state index contributed by atoms with van der Waals surface area (Å²) < 4.78 is 3.92. The van der Waals surface area contributed by atoms with Crippen molar-refractivity contribution in [3.8, 4) is 0 Å². The van der Waals surface area contributed by atoms with Gasteiger partial charge in [-0.15, -0.1) is 0 Å². The lowest BCUT2D eigenvalue weighted by Crippen LogP contribution is -2.47. The molecule has 2 aromatic heterocycles. The molecule has 1 saturated carbocycles. The van der Waals surface area contributed by atoms with Crippen molar-refractivity contribution in [1.29, 1.82) is 0 Å². The number of aryl methyl sites for hydroxylation is 2. The van der Waals surface area contributed by atoms with Crippen LogP contribution in [0, 0.1) is 12.8 Å². The Balaban J connectivity index is 1.33. The van der Waals surface area contributed by atoms with E-state index in [0.717, 1.165) is 37.9 Å². The summed E-state index contributed by atoms with van der Waals surface area (Å²) in [5.41, 5.74) is 5.89. The summed E-state index contributed by atoms with van der Waals surface area (Å²) in [5, 5.41) is 4.71. The molecule has 1 unspecified atom stereocenters. The number of carbonyl (C=O) groups excluding carboxylic acids is 1. The second-order valence-corrected chi connectivity index (χ2v) is 11.0. The van der Waals surface area contributed by atoms with E-state index in [2.05, 4.69) is 70.4 Å². The summed E-state index contributed by atoms with van der Waals surface area (Å²) in [4.78, 5) is 28.8. The molecule has 2 aromatic carbocycles. The van der Waals surface area contributed by atoms with Crippen LogP contribution in [0.15, 0.2) is 77.9 Å². The van der Waals surface area contributed by atoms with Gasteiger partial charge in [-0.05, 0) is 73.0 Å². The summed E-state index contributed by atoms with van der Waals surface area (Å²) in [6.07, 6.45) is 7.06. The molecule has 38 heavy (non-hydrogen) atoms. The number of piperidine rings is 1. The zero-order chi connectivity index (χ0) is 26.2. The van der Waals surface area contributed by atoms with E-state index < -0.39 is 0 Å². The van der Waals surface area contributed by atoms with Gasteiger partial charge in [0.1, 0.15) is 0 Å². The third kappa shape index (κ3) is 4.81. The number of fused-ring (bicyclic) bond motifs is 1. The molecule has 1 amide bonds. The lowest BCUT2D eigenvalue weighted by molar-refractivity contribution is -0.138. The van der Waals surface area contributed by atoms with Gasteiger partial charge in [-0.3, -0.25) is 9.59 Å². The highest BCUT2D eigenvalue weighted by Crippen LogP contribution is 2.37. The first-order chi connectivity index (χ1) is 18.5. The number of rotatable bonds is 7. The largest absolute Gasteiger partial charge is 0.343 e. The number of amides is 1. The molecule has 1 aliphatic heterocycles. The number of nitrogens with zero attached hydrogens (tertiary/aromatic N) is 3. The Morgan fingerprint density at radius 1 is 1.05 bits per heavy atom. The van der Waals surface area contributed by atoms with Gasteiger partial charge in [-0.2, -0.15) is 0 Å². The molecule has 6 heteroatoms. The number of nitrogens with one attached hydrogen (secondary N) is 1. The minimum atomic E-state index is -0.171. The van der Waals surface area contributed by atoms with Crippen molar-refractivity contribution in [2.45, 2.75) is 51.2 Å². The van der Waals surface area contributed by atoms with Gasteiger partial charge in [-0.25, -0.2) is 0 Å². The predicted molar refractivity (Wildman–Crippen MR) is 151 cm³/mol. The quantitative estimate of drug-likeness (QED) is 0.398. The molecule has 196 valence electrons. The lowest BCUT2D eigenvalue weighted by atomic mass is 9.80. The number of pyridine rings is 1. The molecule has 1 saturated heterocycles. The second kappa shape index (κ2) is 10.3. The summed E-state index contributed by atoms with van der Waals surface area (Å²) in [6, 6.07) is 21.0. The van der Waals surface area contributed by atoms with Crippen molar-refractivity contribution in [1.82, 2.24) is 19.4 Å². The van der Waals surface area contributed by atoms with E-state index >= 15 is 0 Å². The van der Waals surface area contributed by atoms with Crippen LogP contribution >= 0.6 is 0 Å². The molecular formula is C32H36N4O2. The van der Waals surface area contributed by atoms with Crippen molar-refractivity contribution < 1.29 is 4.79 Å². The first kappa shape index (κ1) is 24.7. The maximum Gasteiger partial charge on any atom is 0.250 e. The third-order valence-electron chi connectivity index (χ3n) is 8.36. The molecule has 1 N–H and O–H groups in total. The molecular weight excluding hydrogens is 472 g/mol. The van der Waals surface area contributed by atoms with Gasteiger partial charge in [0.05, 0.1) is 5.92 Å². The summed E-state index contributed by atoms with van der Waals surface area (Å²) in [5.74, 6) is 0.0956. The first-order valence-corrected chi connectivity index (χ1v) is 13.8. The monoisotopic (exact) mass is 508 g/mol. The number of hydrogen-bond donors (Lipinski definition) is 1. The van der Waals surface area contributed by atoms with E-state index in [1.54, 1.807) is 17.7 Å². The number of aromatic nitrogens is 2. The highest BCUT2D eigenvalue weighted by Gasteiger charge is 2.40. The number of carbonyl (C=O) groups is 1. The molecule has 6 nitrogen and oxygen atoms in total. The fourth-order valence-corrected chi connectivity index (χ4v) is 6.14. The molecule has 2 atom stereocenters. The lowest BCUT2D eigenvalue weighted by Gasteiger charge is -2.35. The van der Waals surface area contributed by atoms with E-state index in [0.29, 0.717) is 19.1 Å². The van der Waals surface area contributed by atoms with Gasteiger partial charge in [0, 0.05) is 62.1 Å². The fourth-order valence-electron chi connectivity index (χ4n) is 6.14. The summed E-state index contributed by atoms with van der Waals surface area (Å²) in [7, 11) is 1.77. The first-order valence-electron chi connectivity index (χ1n) is 13.8. The number of benzene rings is 2. The van der Waals surface area contributed by atoms with Crippen molar-refractivity contribution in [3.63, 3.8) is 0 Å². The highest BCUT2D eigenvalue weighted by atomic mass is 16.2. The molecule has 2 fully saturated rings. The van der Waals surface area contributed by atoms with Gasteiger partial charge >= 0.3 is 0 Å². The van der Waals surface area contributed by atoms with Crippen molar-refractivity contribution in [2.75, 3.05) is 13.1 Å². The minimum Gasteiger partial charge on any atom is -0.343 e. The van der Waals surface area contributed by atoms with Crippen molar-refractivity contribution in [2.24, 2.45) is 13.0 Å². The Morgan fingerprint density at radius 2 is 1.87 bits per heavy atom. The molecule has 3 heterocycles. The predicted octanol–water partition coefficient (Wildman–Crippen LogP) is 4.58. The van der Waals surface area contributed by atoms with E-state index in [4.69, 9.17) is 0 Å². The van der Waals surface area contributed by atoms with E-state index in [1.807, 2.05) is 18.3 Å². The number of hydrogen-bond acceptors (Lipinski definition) is 3. The van der Waals surface area contributed by atoms with Crippen LogP contribution in [0.3, 0.4) is 0 Å². The van der Waals surface area contributed by atoms with Gasteiger partial charge in [0.25, 0.3) is 5.56 Å². The zero-order valence-electron chi connectivity index (χ0n) is 22.3. The molecule has 6 rings (SSSR count). The van der Waals surface area contributed by atoms with Crippen molar-refractivity contribution in [3.05, 3.63) is 106 Å². The van der Waals surface area contributed by atoms with Crippen LogP contribution in [0.5, 0.6) is 0 Å². The average molecular weight is 509 g/mol. The molecule has 1 aliphatic carbocycles. The van der Waals surface area contributed by atoms with Gasteiger partial charge in [0.15, 0.2) is 0 Å². The van der Waals surface area contributed by atoms with Crippen molar-refractivity contribution >= 4 is 16.8 Å². The highest BCUT2D eigenvalue weighted by molar-refractivity contribution is 5.88. The molecule has 4 aromatic rings. The molecule has 2 aliphatic rings. The summed E-state index contributed by atoms with van der Waals surface area (Å²) in [6.45, 7) is 5.09. The zero-order valence-corrected chi connectivity index (χ0v) is 22.3. The van der Waals surface area contributed by atoms with E-state index in [-0.39, 0.29) is 23.3 Å². The molecule has 0 spiro atoms. The second-order valence-electron chi connectivity index (χ2n) is 11.0. The van der Waals surface area contributed by atoms with Gasteiger partial charge in [-0.1, -0.05) is 42.5 Å². The maximum absolute atomic E-state index is 14.2. The maximum atomic E-state index is 14.2. The van der Waals surface area contributed by atoms with Crippen LogP contribution in [0.1, 0.15) is 47.4 Å². The Hall–Kier alpha value is -3.64. The van der Waals surface area contributed by atoms with Crippen LogP contribution in [-0.2, 0) is 24.9 Å². The Morgan fingerprint density at radius 3 is 2.63 bits per heavy atom. The van der Waals surface area contributed by atoms with Crippen LogP contribution in [-0.4, -0.2) is 39.1 Å². The van der Waals surface area contributed by atoms with Crippen LogP contribution < -0.4 is 10.9 Å². The average Bonchev–Trinajstić information content (AvgIpc) is 3.72. The van der Waals surface area contributed by atoms with Gasteiger partial charge in [0.2, 0.25) is 5.91 Å². The fraction of sp³-hybridized carbons (Fsp3) is 0.375. The standard InChI is InChI=1S/C32H36N4O2/c1-22-7-6-10-29-31(22)25(20-35(29)19-23-8-4-3-5-9-23)21-36(26-11-12-26)32(38)28-18-33-15-13-27(28)24-14-16-34(2)30(37)17-24/h3-10,14,16-17,20,26-28,33H,11-13,15,18-19,21H2,1-2H3/t27?,28-/m0/s1. The SMILES string of the molecule is Cc1cccc2c1c(CN(C(=O)[C@H]1CNCCC1c1ccn(C)c(=O)c1)C1CC1)cn2Cc1ccccc1.